The zero-order chi connectivity index (χ0) is 12.1. The lowest BCUT2D eigenvalue weighted by molar-refractivity contribution is -0.129. The van der Waals surface area contributed by atoms with Gasteiger partial charge in [0.1, 0.15) is 0 Å². The van der Waals surface area contributed by atoms with Crippen LogP contribution in [0.1, 0.15) is 40.0 Å². The van der Waals surface area contributed by atoms with Crippen molar-refractivity contribution in [2.24, 2.45) is 17.1 Å². The Bertz CT molecular complexity index is 194. The zero-order valence-corrected chi connectivity index (χ0v) is 10.8. The molecule has 0 aliphatic heterocycles. The molecule has 1 atom stereocenters. The maximum atomic E-state index is 11.5. The van der Waals surface area contributed by atoms with Crippen LogP contribution in [-0.2, 0) is 4.79 Å². The summed E-state index contributed by atoms with van der Waals surface area (Å²) in [5, 5.41) is 0. The van der Waals surface area contributed by atoms with Crippen molar-refractivity contribution in [1.82, 2.24) is 4.90 Å². The van der Waals surface area contributed by atoms with E-state index in [4.69, 9.17) is 5.73 Å². The van der Waals surface area contributed by atoms with E-state index >= 15 is 0 Å². The molecule has 0 aliphatic rings. The van der Waals surface area contributed by atoms with E-state index in [1.165, 1.54) is 0 Å². The number of nitrogens with two attached hydrogens (primary N) is 1. The molecule has 0 aromatic carbocycles. The summed E-state index contributed by atoms with van der Waals surface area (Å²) in [6.45, 7) is 7.35. The van der Waals surface area contributed by atoms with Gasteiger partial charge in [0.15, 0.2) is 0 Å². The van der Waals surface area contributed by atoms with Crippen LogP contribution in [0.3, 0.4) is 0 Å². The van der Waals surface area contributed by atoms with Crippen molar-refractivity contribution in [2.75, 3.05) is 20.6 Å². The van der Waals surface area contributed by atoms with Gasteiger partial charge in [0.05, 0.1) is 0 Å². The monoisotopic (exact) mass is 214 g/mol. The van der Waals surface area contributed by atoms with Crippen molar-refractivity contribution in [3.63, 3.8) is 0 Å². The topological polar surface area (TPSA) is 46.3 Å². The first-order valence-electron chi connectivity index (χ1n) is 5.69. The summed E-state index contributed by atoms with van der Waals surface area (Å²) in [6, 6.07) is 0. The quantitative estimate of drug-likeness (QED) is 0.759. The molecule has 0 aromatic rings. The van der Waals surface area contributed by atoms with Gasteiger partial charge < -0.3 is 10.6 Å². The Hall–Kier alpha value is -0.570. The van der Waals surface area contributed by atoms with Crippen molar-refractivity contribution < 1.29 is 4.79 Å². The lowest BCUT2D eigenvalue weighted by Crippen LogP contribution is -2.27. The van der Waals surface area contributed by atoms with Crippen LogP contribution >= 0.6 is 0 Å². The third kappa shape index (κ3) is 5.78. The highest BCUT2D eigenvalue weighted by Crippen LogP contribution is 2.32. The number of rotatable bonds is 5. The first kappa shape index (κ1) is 14.4. The van der Waals surface area contributed by atoms with Gasteiger partial charge in [0.25, 0.3) is 0 Å². The number of carbonyl (C=O) groups is 1. The Morgan fingerprint density at radius 1 is 1.27 bits per heavy atom. The van der Waals surface area contributed by atoms with Gasteiger partial charge in [-0.05, 0) is 30.7 Å². The standard InChI is InChI=1S/C12H26N2O/c1-12(2,3)10(8-9-13)6-7-11(15)14(4)5/h10H,6-9,13H2,1-5H3. The molecule has 2 N–H and O–H groups in total. The molecule has 0 rings (SSSR count). The predicted molar refractivity (Wildman–Crippen MR) is 64.5 cm³/mol. The van der Waals surface area contributed by atoms with Crippen molar-refractivity contribution in [3.05, 3.63) is 0 Å². The van der Waals surface area contributed by atoms with Gasteiger partial charge in [-0.3, -0.25) is 4.79 Å². The number of amides is 1. The van der Waals surface area contributed by atoms with Crippen LogP contribution in [0.15, 0.2) is 0 Å². The molecule has 3 heteroatoms. The Morgan fingerprint density at radius 3 is 2.13 bits per heavy atom. The largest absolute Gasteiger partial charge is 0.349 e. The molecule has 0 aliphatic carbocycles. The van der Waals surface area contributed by atoms with E-state index in [0.717, 1.165) is 12.8 Å². The summed E-state index contributed by atoms with van der Waals surface area (Å²) in [7, 11) is 3.61. The number of hydrogen-bond donors (Lipinski definition) is 1. The molecule has 0 fully saturated rings. The smallest absolute Gasteiger partial charge is 0.222 e. The van der Waals surface area contributed by atoms with Crippen LogP contribution in [0.5, 0.6) is 0 Å². The van der Waals surface area contributed by atoms with E-state index in [9.17, 15) is 4.79 Å². The van der Waals surface area contributed by atoms with Crippen molar-refractivity contribution in [2.45, 2.75) is 40.0 Å². The summed E-state index contributed by atoms with van der Waals surface area (Å²) >= 11 is 0. The zero-order valence-electron chi connectivity index (χ0n) is 10.8. The third-order valence-electron chi connectivity index (χ3n) is 2.95. The highest BCUT2D eigenvalue weighted by Gasteiger charge is 2.24. The van der Waals surface area contributed by atoms with Gasteiger partial charge >= 0.3 is 0 Å². The number of nitrogens with zero attached hydrogens (tertiary/aromatic N) is 1. The second-order valence-electron chi connectivity index (χ2n) is 5.47. The minimum Gasteiger partial charge on any atom is -0.349 e. The van der Waals surface area contributed by atoms with Crippen molar-refractivity contribution in [3.8, 4) is 0 Å². The maximum Gasteiger partial charge on any atom is 0.222 e. The fraction of sp³-hybridized carbons (Fsp3) is 0.917. The van der Waals surface area contributed by atoms with Gasteiger partial charge in [-0.15, -0.1) is 0 Å². The van der Waals surface area contributed by atoms with E-state index in [0.29, 0.717) is 18.9 Å². The molecule has 0 saturated heterocycles. The van der Waals surface area contributed by atoms with Crippen LogP contribution in [0.4, 0.5) is 0 Å². The van der Waals surface area contributed by atoms with Crippen molar-refractivity contribution in [1.29, 1.82) is 0 Å². The lowest BCUT2D eigenvalue weighted by Gasteiger charge is -2.30. The van der Waals surface area contributed by atoms with E-state index < -0.39 is 0 Å². The van der Waals surface area contributed by atoms with Gasteiger partial charge in [0, 0.05) is 20.5 Å². The second kappa shape index (κ2) is 6.11. The highest BCUT2D eigenvalue weighted by molar-refractivity contribution is 5.75. The summed E-state index contributed by atoms with van der Waals surface area (Å²) in [5.41, 5.74) is 5.84. The van der Waals surface area contributed by atoms with Crippen LogP contribution < -0.4 is 5.73 Å². The summed E-state index contributed by atoms with van der Waals surface area (Å²) < 4.78 is 0. The Labute approximate surface area is 94.0 Å². The van der Waals surface area contributed by atoms with E-state index in [2.05, 4.69) is 20.8 Å². The van der Waals surface area contributed by atoms with Crippen LogP contribution in [-0.4, -0.2) is 31.4 Å². The van der Waals surface area contributed by atoms with E-state index in [-0.39, 0.29) is 11.3 Å². The Kier molecular flexibility index (Phi) is 5.88. The normalized spacial score (nSPS) is 13.7. The minimum absolute atomic E-state index is 0.210. The van der Waals surface area contributed by atoms with Gasteiger partial charge in [-0.1, -0.05) is 20.8 Å². The van der Waals surface area contributed by atoms with E-state index in [1.54, 1.807) is 19.0 Å². The minimum atomic E-state index is 0.210. The average Bonchev–Trinajstić information content (AvgIpc) is 2.09. The molecule has 1 amide bonds. The summed E-state index contributed by atoms with van der Waals surface area (Å²) in [5.74, 6) is 0.743. The predicted octanol–water partition coefficient (Wildman–Crippen LogP) is 1.87. The fourth-order valence-corrected chi connectivity index (χ4v) is 1.73. The molecule has 90 valence electrons. The SMILES string of the molecule is CN(C)C(=O)CCC(CCN)C(C)(C)C. The molecular formula is C12H26N2O. The molecule has 0 spiro atoms. The molecule has 0 aromatic heterocycles. The van der Waals surface area contributed by atoms with Gasteiger partial charge in [-0.2, -0.15) is 0 Å². The maximum absolute atomic E-state index is 11.5. The molecular weight excluding hydrogens is 188 g/mol. The van der Waals surface area contributed by atoms with Crippen molar-refractivity contribution >= 4 is 5.91 Å². The van der Waals surface area contributed by atoms with Gasteiger partial charge in [-0.25, -0.2) is 0 Å². The first-order valence-corrected chi connectivity index (χ1v) is 5.69. The molecule has 1 unspecified atom stereocenters. The van der Waals surface area contributed by atoms with Crippen LogP contribution in [0, 0.1) is 11.3 Å². The van der Waals surface area contributed by atoms with Crippen LogP contribution in [0.2, 0.25) is 0 Å². The number of hydrogen-bond acceptors (Lipinski definition) is 2. The summed E-state index contributed by atoms with van der Waals surface area (Å²) in [4.78, 5) is 13.1. The summed E-state index contributed by atoms with van der Waals surface area (Å²) in [6.07, 6.45) is 2.58. The average molecular weight is 214 g/mol. The molecule has 0 bridgehead atoms. The van der Waals surface area contributed by atoms with Crippen LogP contribution in [0.25, 0.3) is 0 Å². The third-order valence-corrected chi connectivity index (χ3v) is 2.95. The molecule has 0 heterocycles. The molecule has 0 radical (unpaired) electrons. The Balaban J connectivity index is 4.14. The Morgan fingerprint density at radius 2 is 1.80 bits per heavy atom. The molecule has 3 nitrogen and oxygen atoms in total. The highest BCUT2D eigenvalue weighted by atomic mass is 16.2. The first-order chi connectivity index (χ1) is 6.79. The van der Waals surface area contributed by atoms with Gasteiger partial charge in [0.2, 0.25) is 5.91 Å². The fourth-order valence-electron chi connectivity index (χ4n) is 1.73. The molecule has 15 heavy (non-hydrogen) atoms. The second-order valence-corrected chi connectivity index (χ2v) is 5.47. The molecule has 0 saturated carbocycles. The number of carbonyl (C=O) groups excluding carboxylic acids is 1. The lowest BCUT2D eigenvalue weighted by atomic mass is 9.76. The van der Waals surface area contributed by atoms with E-state index in [1.807, 2.05) is 0 Å².